The molecule has 0 saturated heterocycles. The molecule has 134 valence electrons. The Balaban J connectivity index is 2.03. The van der Waals surface area contributed by atoms with Gasteiger partial charge in [0.2, 0.25) is 0 Å². The first-order chi connectivity index (χ1) is 12.3. The highest BCUT2D eigenvalue weighted by Crippen LogP contribution is 2.34. The normalized spacial score (nSPS) is 11.5. The Morgan fingerprint density at radius 2 is 1.69 bits per heavy atom. The van der Waals surface area contributed by atoms with E-state index in [1.807, 2.05) is 31.2 Å². The molecule has 3 aromatic rings. The molecule has 2 aromatic carbocycles. The molecular weight excluding hydrogens is 368 g/mol. The Labute approximate surface area is 156 Å². The number of rotatable bonds is 5. The van der Waals surface area contributed by atoms with Gasteiger partial charge in [0.05, 0.1) is 10.6 Å². The zero-order valence-electron chi connectivity index (χ0n) is 14.4. The van der Waals surface area contributed by atoms with Crippen molar-refractivity contribution < 1.29 is 18.3 Å². The number of aryl methyl sites for hydroxylation is 2. The van der Waals surface area contributed by atoms with Crippen LogP contribution >= 0.6 is 11.3 Å². The highest BCUT2D eigenvalue weighted by atomic mass is 32.2. The van der Waals surface area contributed by atoms with Crippen LogP contribution in [0.2, 0.25) is 0 Å². The van der Waals surface area contributed by atoms with Crippen LogP contribution in [0, 0.1) is 13.8 Å². The van der Waals surface area contributed by atoms with Crippen molar-refractivity contribution in [3.8, 4) is 10.4 Å². The maximum atomic E-state index is 12.8. The van der Waals surface area contributed by atoms with Gasteiger partial charge in [-0.05, 0) is 42.7 Å². The molecule has 4 nitrogen and oxygen atoms in total. The van der Waals surface area contributed by atoms with Crippen molar-refractivity contribution in [3.05, 3.63) is 76.2 Å². The molecule has 6 heteroatoms. The van der Waals surface area contributed by atoms with E-state index < -0.39 is 15.8 Å². The number of aromatic carboxylic acids is 1. The second-order valence-electron chi connectivity index (χ2n) is 6.16. The molecule has 1 heterocycles. The monoisotopic (exact) mass is 386 g/mol. The van der Waals surface area contributed by atoms with Crippen LogP contribution in [0.1, 0.15) is 26.4 Å². The van der Waals surface area contributed by atoms with E-state index in [0.29, 0.717) is 11.1 Å². The van der Waals surface area contributed by atoms with Crippen molar-refractivity contribution in [1.29, 1.82) is 0 Å². The summed E-state index contributed by atoms with van der Waals surface area (Å²) in [5.74, 6) is -1.44. The van der Waals surface area contributed by atoms with Crippen molar-refractivity contribution in [2.45, 2.75) is 24.5 Å². The Morgan fingerprint density at radius 1 is 1.04 bits per heavy atom. The molecule has 26 heavy (non-hydrogen) atoms. The predicted octanol–water partition coefficient (Wildman–Crippen LogP) is 4.70. The lowest BCUT2D eigenvalue weighted by Gasteiger charge is -2.07. The van der Waals surface area contributed by atoms with E-state index in [1.165, 1.54) is 0 Å². The summed E-state index contributed by atoms with van der Waals surface area (Å²) in [4.78, 5) is 12.7. The van der Waals surface area contributed by atoms with E-state index in [-0.39, 0.29) is 15.5 Å². The van der Waals surface area contributed by atoms with Gasteiger partial charge in [0.1, 0.15) is 4.88 Å². The maximum absolute atomic E-state index is 12.8. The second kappa shape index (κ2) is 7.05. The second-order valence-corrected chi connectivity index (χ2v) is 9.17. The average Bonchev–Trinajstić information content (AvgIpc) is 2.99. The molecule has 0 spiro atoms. The zero-order chi connectivity index (χ0) is 18.9. The van der Waals surface area contributed by atoms with Crippen molar-refractivity contribution in [3.63, 3.8) is 0 Å². The first kappa shape index (κ1) is 18.4. The number of hydrogen-bond donors (Lipinski definition) is 1. The van der Waals surface area contributed by atoms with E-state index in [0.717, 1.165) is 27.3 Å². The fourth-order valence-electron chi connectivity index (χ4n) is 2.76. The number of thiophene rings is 1. The van der Waals surface area contributed by atoms with Crippen molar-refractivity contribution >= 4 is 27.1 Å². The van der Waals surface area contributed by atoms with Gasteiger partial charge in [0, 0.05) is 4.88 Å². The highest BCUT2D eigenvalue weighted by molar-refractivity contribution is 7.90. The maximum Gasteiger partial charge on any atom is 0.346 e. The highest BCUT2D eigenvalue weighted by Gasteiger charge is 2.24. The number of carboxylic acids is 1. The summed E-state index contributed by atoms with van der Waals surface area (Å²) < 4.78 is 25.6. The van der Waals surface area contributed by atoms with Crippen LogP contribution in [-0.4, -0.2) is 19.5 Å². The molecule has 0 fully saturated rings. The molecular formula is C20H18O4S2. The lowest BCUT2D eigenvalue weighted by atomic mass is 10.1. The minimum atomic E-state index is -3.63. The lowest BCUT2D eigenvalue weighted by Crippen LogP contribution is -2.08. The average molecular weight is 386 g/mol. The van der Waals surface area contributed by atoms with E-state index >= 15 is 0 Å². The van der Waals surface area contributed by atoms with E-state index in [4.69, 9.17) is 0 Å². The van der Waals surface area contributed by atoms with Crippen molar-refractivity contribution in [1.82, 2.24) is 0 Å². The van der Waals surface area contributed by atoms with Crippen LogP contribution < -0.4 is 0 Å². The Bertz CT molecular complexity index is 1060. The summed E-state index contributed by atoms with van der Waals surface area (Å²) in [6.07, 6.45) is 0. The molecule has 0 atom stereocenters. The molecule has 0 saturated carbocycles. The number of sulfone groups is 1. The van der Waals surface area contributed by atoms with E-state index in [2.05, 4.69) is 0 Å². The number of carbonyl (C=O) groups is 1. The summed E-state index contributed by atoms with van der Waals surface area (Å²) in [6, 6.07) is 16.1. The summed E-state index contributed by atoms with van der Waals surface area (Å²) >= 11 is 1.10. The molecule has 0 amide bonds. The van der Waals surface area contributed by atoms with Crippen LogP contribution in [-0.2, 0) is 15.6 Å². The van der Waals surface area contributed by atoms with Gasteiger partial charge in [-0.15, -0.1) is 11.3 Å². The fourth-order valence-corrected chi connectivity index (χ4v) is 5.52. The largest absolute Gasteiger partial charge is 0.477 e. The third-order valence-corrected chi connectivity index (χ3v) is 7.15. The van der Waals surface area contributed by atoms with Gasteiger partial charge in [0.25, 0.3) is 0 Å². The minimum absolute atomic E-state index is 0.0673. The lowest BCUT2D eigenvalue weighted by molar-refractivity contribution is 0.0701. The van der Waals surface area contributed by atoms with Gasteiger partial charge in [-0.2, -0.15) is 0 Å². The quantitative estimate of drug-likeness (QED) is 0.690. The third-order valence-electron chi connectivity index (χ3n) is 4.11. The van der Waals surface area contributed by atoms with Gasteiger partial charge in [-0.1, -0.05) is 48.0 Å². The topological polar surface area (TPSA) is 71.4 Å². The van der Waals surface area contributed by atoms with Gasteiger partial charge < -0.3 is 5.11 Å². The van der Waals surface area contributed by atoms with Crippen molar-refractivity contribution in [2.24, 2.45) is 0 Å². The van der Waals surface area contributed by atoms with Gasteiger partial charge in [-0.3, -0.25) is 0 Å². The molecule has 0 aliphatic heterocycles. The first-order valence-electron chi connectivity index (χ1n) is 7.99. The van der Waals surface area contributed by atoms with Crippen LogP contribution in [0.5, 0.6) is 0 Å². The fraction of sp³-hybridized carbons (Fsp3) is 0.150. The Kier molecular flexibility index (Phi) is 4.98. The molecule has 0 radical (unpaired) electrons. The van der Waals surface area contributed by atoms with Crippen LogP contribution in [0.15, 0.2) is 59.5 Å². The standard InChI is InChI=1S/C20H18O4S2/c1-13-7-9-15(10-8-13)17-11-16(19(25-17)20(21)22)12-26(23,24)18-6-4-3-5-14(18)2/h3-11H,12H2,1-2H3,(H,21,22). The number of carboxylic acid groups (broad SMARTS) is 1. The van der Waals surface area contributed by atoms with E-state index in [1.54, 1.807) is 37.3 Å². The SMILES string of the molecule is Cc1ccc(-c2cc(CS(=O)(=O)c3ccccc3C)c(C(=O)O)s2)cc1. The molecule has 1 N–H and O–H groups in total. The summed E-state index contributed by atoms with van der Waals surface area (Å²) in [5, 5.41) is 9.51. The van der Waals surface area contributed by atoms with Crippen LogP contribution in [0.25, 0.3) is 10.4 Å². The first-order valence-corrected chi connectivity index (χ1v) is 10.5. The number of benzene rings is 2. The van der Waals surface area contributed by atoms with Gasteiger partial charge >= 0.3 is 5.97 Å². The Morgan fingerprint density at radius 3 is 2.31 bits per heavy atom. The molecule has 3 rings (SSSR count). The summed E-state index contributed by atoms with van der Waals surface area (Å²) in [5.41, 5.74) is 2.95. The third kappa shape index (κ3) is 3.71. The predicted molar refractivity (Wildman–Crippen MR) is 104 cm³/mol. The molecule has 1 aromatic heterocycles. The van der Waals surface area contributed by atoms with Gasteiger partial charge in [0.15, 0.2) is 9.84 Å². The molecule has 0 bridgehead atoms. The van der Waals surface area contributed by atoms with Crippen LogP contribution in [0.4, 0.5) is 0 Å². The molecule has 0 aliphatic rings. The zero-order valence-corrected chi connectivity index (χ0v) is 16.0. The van der Waals surface area contributed by atoms with Gasteiger partial charge in [-0.25, -0.2) is 13.2 Å². The minimum Gasteiger partial charge on any atom is -0.477 e. The smallest absolute Gasteiger partial charge is 0.346 e. The van der Waals surface area contributed by atoms with E-state index in [9.17, 15) is 18.3 Å². The van der Waals surface area contributed by atoms with Crippen molar-refractivity contribution in [2.75, 3.05) is 0 Å². The molecule has 0 aliphatic carbocycles. The molecule has 0 unspecified atom stereocenters. The summed E-state index contributed by atoms with van der Waals surface area (Å²) in [7, 11) is -3.63. The Hall–Kier alpha value is -2.44. The van der Waals surface area contributed by atoms with Crippen LogP contribution in [0.3, 0.4) is 0 Å². The summed E-state index contributed by atoms with van der Waals surface area (Å²) in [6.45, 7) is 3.71. The number of hydrogen-bond acceptors (Lipinski definition) is 4.